The molecule has 0 unspecified atom stereocenters. The molecule has 0 bridgehead atoms. The van der Waals surface area contributed by atoms with Gasteiger partial charge in [0.2, 0.25) is 5.43 Å². The van der Waals surface area contributed by atoms with Crippen LogP contribution in [0.25, 0.3) is 0 Å². The normalized spacial score (nSPS) is 13.4. The summed E-state index contributed by atoms with van der Waals surface area (Å²) in [5, 5.41) is 0. The van der Waals surface area contributed by atoms with E-state index in [2.05, 4.69) is 0 Å². The molecule has 1 aliphatic rings. The number of rotatable bonds is 8. The van der Waals surface area contributed by atoms with Gasteiger partial charge in [-0.15, -0.1) is 0 Å². The van der Waals surface area contributed by atoms with Crippen molar-refractivity contribution in [2.45, 2.75) is 26.3 Å². The Kier molecular flexibility index (Phi) is 6.57. The monoisotopic (exact) mass is 386 g/mol. The first-order valence-electron chi connectivity index (χ1n) is 9.46. The summed E-state index contributed by atoms with van der Waals surface area (Å²) < 4.78 is 18.4. The molecule has 1 fully saturated rings. The van der Waals surface area contributed by atoms with Crippen LogP contribution in [0.15, 0.2) is 41.3 Å². The molecule has 0 spiro atoms. The Balaban J connectivity index is 1.58. The topological polar surface area (TPSA) is 70.0 Å². The lowest BCUT2D eigenvalue weighted by Gasteiger charge is -2.18. The first-order valence-corrected chi connectivity index (χ1v) is 9.46. The molecule has 0 radical (unpaired) electrons. The van der Waals surface area contributed by atoms with E-state index in [0.29, 0.717) is 18.8 Å². The number of hydrogen-bond acceptors (Lipinski definition) is 5. The molecule has 7 nitrogen and oxygen atoms in total. The van der Waals surface area contributed by atoms with Crippen LogP contribution in [-0.4, -0.2) is 48.8 Å². The number of amides is 1. The third kappa shape index (κ3) is 4.85. The fraction of sp³-hybridized carbons (Fsp3) is 0.429. The van der Waals surface area contributed by atoms with Gasteiger partial charge in [-0.1, -0.05) is 0 Å². The maximum absolute atomic E-state index is 12.2. The fourth-order valence-electron chi connectivity index (χ4n) is 3.20. The van der Waals surface area contributed by atoms with Crippen LogP contribution in [0.2, 0.25) is 0 Å². The minimum atomic E-state index is -0.223. The standard InChI is InChI=1S/C21H26N2O5/c1-16-21(28-15-20(25)23-10-3-4-11-23)19(24)9-12-22(16)13-14-27-18-7-5-17(26-2)6-8-18/h5-9,12H,3-4,10-11,13-15H2,1-2H3. The number of ether oxygens (including phenoxy) is 3. The number of methoxy groups -OCH3 is 1. The van der Waals surface area contributed by atoms with Crippen LogP contribution in [0.3, 0.4) is 0 Å². The molecule has 1 aromatic heterocycles. The third-order valence-electron chi connectivity index (χ3n) is 4.85. The minimum Gasteiger partial charge on any atom is -0.497 e. The molecule has 2 aromatic rings. The minimum absolute atomic E-state index is 0.0745. The average Bonchev–Trinajstić information content (AvgIpc) is 3.25. The quantitative estimate of drug-likeness (QED) is 0.696. The first-order chi connectivity index (χ1) is 13.6. The first kappa shape index (κ1) is 19.8. The maximum Gasteiger partial charge on any atom is 0.260 e. The SMILES string of the molecule is COc1ccc(OCCn2ccc(=O)c(OCC(=O)N3CCCC3)c2C)cc1. The Morgan fingerprint density at radius 1 is 1.04 bits per heavy atom. The third-order valence-corrected chi connectivity index (χ3v) is 4.85. The number of carbonyl (C=O) groups excluding carboxylic acids is 1. The number of likely N-dealkylation sites (tertiary alicyclic amines) is 1. The number of benzene rings is 1. The summed E-state index contributed by atoms with van der Waals surface area (Å²) in [6.45, 7) is 4.22. The predicted octanol–water partition coefficient (Wildman–Crippen LogP) is 2.25. The van der Waals surface area contributed by atoms with Gasteiger partial charge in [0.05, 0.1) is 19.3 Å². The molecule has 3 rings (SSSR count). The highest BCUT2D eigenvalue weighted by Crippen LogP contribution is 2.17. The fourth-order valence-corrected chi connectivity index (χ4v) is 3.20. The van der Waals surface area contributed by atoms with Gasteiger partial charge in [0, 0.05) is 25.4 Å². The van der Waals surface area contributed by atoms with Crippen LogP contribution < -0.4 is 19.6 Å². The van der Waals surface area contributed by atoms with Crippen LogP contribution in [0.5, 0.6) is 17.2 Å². The molecule has 0 N–H and O–H groups in total. The molecule has 150 valence electrons. The highest BCUT2D eigenvalue weighted by atomic mass is 16.5. The van der Waals surface area contributed by atoms with Gasteiger partial charge >= 0.3 is 0 Å². The summed E-state index contributed by atoms with van der Waals surface area (Å²) >= 11 is 0. The number of nitrogens with zero attached hydrogens (tertiary/aromatic N) is 2. The van der Waals surface area contributed by atoms with Gasteiger partial charge in [0.1, 0.15) is 18.1 Å². The van der Waals surface area contributed by atoms with Crippen molar-refractivity contribution in [3.63, 3.8) is 0 Å². The Bertz CT molecular complexity index is 854. The number of hydrogen-bond donors (Lipinski definition) is 0. The van der Waals surface area contributed by atoms with Gasteiger partial charge in [-0.05, 0) is 44.0 Å². The Hall–Kier alpha value is -2.96. The molecule has 0 aliphatic carbocycles. The van der Waals surface area contributed by atoms with Crippen molar-refractivity contribution in [1.82, 2.24) is 9.47 Å². The van der Waals surface area contributed by atoms with E-state index in [1.165, 1.54) is 6.07 Å². The zero-order chi connectivity index (χ0) is 19.9. The lowest BCUT2D eigenvalue weighted by Crippen LogP contribution is -2.33. The highest BCUT2D eigenvalue weighted by molar-refractivity contribution is 5.78. The molecule has 7 heteroatoms. The van der Waals surface area contributed by atoms with Crippen LogP contribution >= 0.6 is 0 Å². The summed E-state index contributed by atoms with van der Waals surface area (Å²) in [7, 11) is 1.62. The number of carbonyl (C=O) groups is 1. The molecule has 2 heterocycles. The van der Waals surface area contributed by atoms with E-state index in [4.69, 9.17) is 14.2 Å². The van der Waals surface area contributed by atoms with E-state index in [-0.39, 0.29) is 23.7 Å². The Morgan fingerprint density at radius 3 is 2.39 bits per heavy atom. The van der Waals surface area contributed by atoms with E-state index >= 15 is 0 Å². The number of aromatic nitrogens is 1. The lowest BCUT2D eigenvalue weighted by molar-refractivity contribution is -0.132. The van der Waals surface area contributed by atoms with Crippen molar-refractivity contribution in [2.75, 3.05) is 33.4 Å². The van der Waals surface area contributed by atoms with Crippen molar-refractivity contribution in [1.29, 1.82) is 0 Å². The smallest absolute Gasteiger partial charge is 0.260 e. The van der Waals surface area contributed by atoms with Gasteiger partial charge < -0.3 is 23.7 Å². The molecule has 1 amide bonds. The lowest BCUT2D eigenvalue weighted by atomic mass is 10.3. The van der Waals surface area contributed by atoms with Gasteiger partial charge in [-0.3, -0.25) is 9.59 Å². The van der Waals surface area contributed by atoms with Crippen LogP contribution in [-0.2, 0) is 11.3 Å². The summed E-state index contributed by atoms with van der Waals surface area (Å²) in [5.74, 6) is 1.66. The van der Waals surface area contributed by atoms with E-state index in [1.54, 1.807) is 18.2 Å². The van der Waals surface area contributed by atoms with Crippen molar-refractivity contribution >= 4 is 5.91 Å². The van der Waals surface area contributed by atoms with Crippen molar-refractivity contribution in [3.8, 4) is 17.2 Å². The summed E-state index contributed by atoms with van der Waals surface area (Å²) in [4.78, 5) is 26.1. The second-order valence-electron chi connectivity index (χ2n) is 6.69. The van der Waals surface area contributed by atoms with E-state index < -0.39 is 0 Å². The number of pyridine rings is 1. The van der Waals surface area contributed by atoms with Gasteiger partial charge in [-0.2, -0.15) is 0 Å². The van der Waals surface area contributed by atoms with Crippen molar-refractivity contribution in [2.24, 2.45) is 0 Å². The molecule has 1 aromatic carbocycles. The molecule has 0 atom stereocenters. The van der Waals surface area contributed by atoms with Crippen molar-refractivity contribution < 1.29 is 19.0 Å². The highest BCUT2D eigenvalue weighted by Gasteiger charge is 2.19. The molecule has 0 saturated carbocycles. The Morgan fingerprint density at radius 2 is 1.71 bits per heavy atom. The van der Waals surface area contributed by atoms with Gasteiger partial charge in [0.15, 0.2) is 12.4 Å². The molecular formula is C21H26N2O5. The van der Waals surface area contributed by atoms with E-state index in [9.17, 15) is 9.59 Å². The summed E-state index contributed by atoms with van der Waals surface area (Å²) in [6, 6.07) is 8.81. The van der Waals surface area contributed by atoms with Gasteiger partial charge in [-0.25, -0.2) is 0 Å². The second-order valence-corrected chi connectivity index (χ2v) is 6.69. The summed E-state index contributed by atoms with van der Waals surface area (Å²) in [5.41, 5.74) is 0.457. The van der Waals surface area contributed by atoms with Gasteiger partial charge in [0.25, 0.3) is 5.91 Å². The second kappa shape index (κ2) is 9.30. The van der Waals surface area contributed by atoms with Crippen LogP contribution in [0.1, 0.15) is 18.5 Å². The molecule has 1 saturated heterocycles. The van der Waals surface area contributed by atoms with Crippen LogP contribution in [0.4, 0.5) is 0 Å². The summed E-state index contributed by atoms with van der Waals surface area (Å²) in [6.07, 6.45) is 3.76. The van der Waals surface area contributed by atoms with E-state index in [0.717, 1.165) is 37.4 Å². The molecule has 28 heavy (non-hydrogen) atoms. The van der Waals surface area contributed by atoms with Crippen molar-refractivity contribution in [3.05, 3.63) is 52.4 Å². The van der Waals surface area contributed by atoms with E-state index in [1.807, 2.05) is 35.8 Å². The predicted molar refractivity (Wildman–Crippen MR) is 105 cm³/mol. The molecular weight excluding hydrogens is 360 g/mol. The average molecular weight is 386 g/mol. The largest absolute Gasteiger partial charge is 0.497 e. The van der Waals surface area contributed by atoms with Crippen LogP contribution in [0, 0.1) is 6.92 Å². The molecule has 1 aliphatic heterocycles. The zero-order valence-electron chi connectivity index (χ0n) is 16.3. The Labute approximate surface area is 164 Å². The zero-order valence-corrected chi connectivity index (χ0v) is 16.3. The maximum atomic E-state index is 12.2.